The normalized spacial score (nSPS) is 7.00. The number of hydrogen-bond acceptors (Lipinski definition) is 6. The molecule has 0 aromatic heterocycles. The predicted molar refractivity (Wildman–Crippen MR) is 19.4 cm³/mol. The summed E-state index contributed by atoms with van der Waals surface area (Å²) < 4.78 is 50.7. The first-order valence-corrected chi connectivity index (χ1v) is 3.00. The summed E-state index contributed by atoms with van der Waals surface area (Å²) >= 11 is -6.22. The smallest absolute Gasteiger partial charge is 0.784 e. The van der Waals surface area contributed by atoms with Gasteiger partial charge in [0.15, 0.2) is 0 Å². The number of rotatable bonds is 0. The Morgan fingerprint density at radius 2 is 0.800 bits per heavy atom. The molecule has 0 fully saturated rings. The molecule has 10 heavy (non-hydrogen) atoms. The van der Waals surface area contributed by atoms with Crippen molar-refractivity contribution in [3.05, 3.63) is 0 Å². The van der Waals surface area contributed by atoms with Gasteiger partial charge in [0, 0.05) is 0 Å². The van der Waals surface area contributed by atoms with Crippen LogP contribution in [0.5, 0.6) is 0 Å². The molecule has 0 saturated heterocycles. The summed E-state index contributed by atoms with van der Waals surface area (Å²) in [6.07, 6.45) is 0. The molecule has 1 radical (unpaired) electrons. The third kappa shape index (κ3) is 442. The molecule has 0 saturated carbocycles. The van der Waals surface area contributed by atoms with Crippen molar-refractivity contribution in [2.24, 2.45) is 0 Å². The van der Waals surface area contributed by atoms with Gasteiger partial charge in [-0.25, -0.2) is 0 Å². The minimum atomic E-state index is -3.11. The van der Waals surface area contributed by atoms with E-state index < -0.39 is 22.7 Å². The second-order valence-electron chi connectivity index (χ2n) is 0.408. The molecule has 67 valence electrons. The van der Waals surface area contributed by atoms with Gasteiger partial charge >= 0.3 is 34.1 Å². The van der Waals surface area contributed by atoms with E-state index in [2.05, 4.69) is 0 Å². The van der Waals surface area contributed by atoms with Gasteiger partial charge in [-0.2, -0.15) is 0 Å². The minimum absolute atomic E-state index is 0. The van der Waals surface area contributed by atoms with Gasteiger partial charge in [-0.3, -0.25) is 8.42 Å². The fourth-order valence-electron chi connectivity index (χ4n) is 0. The van der Waals surface area contributed by atoms with Crippen LogP contribution in [0.15, 0.2) is 0 Å². The zero-order valence-electron chi connectivity index (χ0n) is 3.92. The molecule has 0 bridgehead atoms. The Bertz CT molecular complexity index is 73.7. The summed E-state index contributed by atoms with van der Waals surface area (Å²) in [5.74, 6) is 0. The van der Waals surface area contributed by atoms with Gasteiger partial charge in [0.25, 0.3) is 0 Å². The SMILES string of the molecule is O=S([O-])[O-].O=S([O-])[O-].[Cu+2].[Fe+2]. The zero-order valence-corrected chi connectivity index (χ0v) is 7.60. The standard InChI is InChI=1S/Cu.Fe.2H2O3S/c;;2*1-4(2)3/h;;2*(H2,1,2,3)/q2*+2;;/p-4. The summed E-state index contributed by atoms with van der Waals surface area (Å²) in [5.41, 5.74) is 0. The van der Waals surface area contributed by atoms with Crippen LogP contribution in [0.1, 0.15) is 0 Å². The number of hydrogen-bond donors (Lipinski definition) is 0. The summed E-state index contributed by atoms with van der Waals surface area (Å²) in [5, 5.41) is 0. The first kappa shape index (κ1) is 22.5. The fraction of sp³-hybridized carbons (Fsp3) is 0. The molecular weight excluding hydrogens is 280 g/mol. The Morgan fingerprint density at radius 1 is 0.800 bits per heavy atom. The van der Waals surface area contributed by atoms with E-state index >= 15 is 0 Å². The van der Waals surface area contributed by atoms with Crippen molar-refractivity contribution in [1.82, 2.24) is 0 Å². The minimum Gasteiger partial charge on any atom is -0.784 e. The largest absolute Gasteiger partial charge is 2.00 e. The average Bonchev–Trinajstić information content (AvgIpc) is 1.25. The summed E-state index contributed by atoms with van der Waals surface area (Å²) in [6, 6.07) is 0. The fourth-order valence-corrected chi connectivity index (χ4v) is 0. The van der Waals surface area contributed by atoms with Crippen molar-refractivity contribution in [2.45, 2.75) is 0 Å². The molecule has 0 atom stereocenters. The summed E-state index contributed by atoms with van der Waals surface area (Å²) in [4.78, 5) is 0. The van der Waals surface area contributed by atoms with Crippen molar-refractivity contribution >= 4 is 22.7 Å². The van der Waals surface area contributed by atoms with Gasteiger partial charge in [0.1, 0.15) is 0 Å². The molecule has 0 N–H and O–H groups in total. The molecule has 0 aromatic rings. The zero-order chi connectivity index (χ0) is 7.15. The van der Waals surface area contributed by atoms with Crippen LogP contribution in [-0.4, -0.2) is 26.6 Å². The average molecular weight is 280 g/mol. The van der Waals surface area contributed by atoms with E-state index in [0.717, 1.165) is 0 Å². The molecular formula is CuFeO6S2. The van der Waals surface area contributed by atoms with Gasteiger partial charge in [-0.15, -0.1) is 22.7 Å². The monoisotopic (exact) mass is 279 g/mol. The summed E-state index contributed by atoms with van der Waals surface area (Å²) in [6.45, 7) is 0. The van der Waals surface area contributed by atoms with Gasteiger partial charge in [-0.1, -0.05) is 0 Å². The maximum atomic E-state index is 8.44. The topological polar surface area (TPSA) is 126 Å². The second kappa shape index (κ2) is 16.6. The molecule has 10 heteroatoms. The molecule has 0 unspecified atom stereocenters. The Balaban J connectivity index is -0.0000000300. The van der Waals surface area contributed by atoms with Crippen molar-refractivity contribution in [3.8, 4) is 0 Å². The van der Waals surface area contributed by atoms with Gasteiger partial charge in [-0.05, 0) is 0 Å². The van der Waals surface area contributed by atoms with Crippen molar-refractivity contribution in [2.75, 3.05) is 0 Å². The maximum absolute atomic E-state index is 8.44. The van der Waals surface area contributed by atoms with Crippen LogP contribution in [0.2, 0.25) is 0 Å². The molecule has 0 aliphatic rings. The van der Waals surface area contributed by atoms with E-state index in [4.69, 9.17) is 26.6 Å². The molecule has 0 rings (SSSR count). The Labute approximate surface area is 83.3 Å². The Morgan fingerprint density at radius 3 is 0.800 bits per heavy atom. The first-order chi connectivity index (χ1) is 3.46. The van der Waals surface area contributed by atoms with Crippen LogP contribution < -0.4 is 0 Å². The first-order valence-electron chi connectivity index (χ1n) is 1.00. The van der Waals surface area contributed by atoms with Crippen LogP contribution in [-0.2, 0) is 56.9 Å². The Hall–Kier alpha value is 1.18. The quantitative estimate of drug-likeness (QED) is 0.372. The van der Waals surface area contributed by atoms with E-state index in [1.165, 1.54) is 0 Å². The Kier molecular flexibility index (Phi) is 37.4. The van der Waals surface area contributed by atoms with E-state index in [0.29, 0.717) is 0 Å². The van der Waals surface area contributed by atoms with E-state index in [1.54, 1.807) is 0 Å². The van der Waals surface area contributed by atoms with Gasteiger partial charge < -0.3 is 18.2 Å². The van der Waals surface area contributed by atoms with Crippen molar-refractivity contribution in [1.29, 1.82) is 0 Å². The molecule has 0 aliphatic carbocycles. The maximum Gasteiger partial charge on any atom is 2.00 e. The molecule has 0 heterocycles. The molecule has 0 aromatic carbocycles. The van der Waals surface area contributed by atoms with Crippen LogP contribution in [0, 0.1) is 0 Å². The van der Waals surface area contributed by atoms with Gasteiger partial charge in [0.05, 0.1) is 0 Å². The summed E-state index contributed by atoms with van der Waals surface area (Å²) in [7, 11) is 0. The van der Waals surface area contributed by atoms with Crippen LogP contribution in [0.4, 0.5) is 0 Å². The van der Waals surface area contributed by atoms with E-state index in [1.807, 2.05) is 0 Å². The molecule has 0 amide bonds. The van der Waals surface area contributed by atoms with Crippen LogP contribution >= 0.6 is 0 Å². The predicted octanol–water partition coefficient (Wildman–Crippen LogP) is -2.01. The second-order valence-corrected chi connectivity index (χ2v) is 1.22. The van der Waals surface area contributed by atoms with E-state index in [9.17, 15) is 0 Å². The third-order valence-corrected chi connectivity index (χ3v) is 0. The molecule has 0 aliphatic heterocycles. The van der Waals surface area contributed by atoms with E-state index in [-0.39, 0.29) is 34.1 Å². The van der Waals surface area contributed by atoms with Crippen molar-refractivity contribution < 1.29 is 60.8 Å². The van der Waals surface area contributed by atoms with Crippen LogP contribution in [0.25, 0.3) is 0 Å². The van der Waals surface area contributed by atoms with Gasteiger partial charge in [0.2, 0.25) is 0 Å². The molecule has 6 nitrogen and oxygen atoms in total. The van der Waals surface area contributed by atoms with Crippen LogP contribution in [0.3, 0.4) is 0 Å². The third-order valence-electron chi connectivity index (χ3n) is 0. The van der Waals surface area contributed by atoms with Crippen molar-refractivity contribution in [3.63, 3.8) is 0 Å². The molecule has 0 spiro atoms.